The Morgan fingerprint density at radius 3 is 2.78 bits per heavy atom. The van der Waals surface area contributed by atoms with Gasteiger partial charge in [-0.05, 0) is 35.0 Å². The van der Waals surface area contributed by atoms with E-state index in [1.165, 1.54) is 10.9 Å². The molecule has 1 heterocycles. The Balaban J connectivity index is 1.83. The van der Waals surface area contributed by atoms with Crippen LogP contribution in [0.4, 0.5) is 5.95 Å². The van der Waals surface area contributed by atoms with Crippen molar-refractivity contribution in [3.05, 3.63) is 42.0 Å². The maximum absolute atomic E-state index is 11.8. The third-order valence-electron chi connectivity index (χ3n) is 2.67. The number of thiocarbonyl (C=S) groups is 1. The molecule has 0 bridgehead atoms. The number of aromatic nitrogens is 4. The number of carbonyl (C=O) groups excluding carboxylic acids is 1. The van der Waals surface area contributed by atoms with E-state index >= 15 is 0 Å². The molecule has 0 saturated heterocycles. The molecule has 7 nitrogen and oxygen atoms in total. The van der Waals surface area contributed by atoms with Crippen LogP contribution >= 0.6 is 12.2 Å². The van der Waals surface area contributed by atoms with Gasteiger partial charge in [-0.3, -0.25) is 15.4 Å². The average molecular weight is 330 g/mol. The summed E-state index contributed by atoms with van der Waals surface area (Å²) in [6.07, 6.45) is 3.11. The third kappa shape index (κ3) is 5.95. The molecule has 0 aliphatic carbocycles. The average Bonchev–Trinajstić information content (AvgIpc) is 2.92. The number of anilines is 1. The second kappa shape index (κ2) is 8.14. The van der Waals surface area contributed by atoms with Gasteiger partial charge in [0.2, 0.25) is 5.91 Å². The molecular formula is C15H18N6OS. The first kappa shape index (κ1) is 16.8. The van der Waals surface area contributed by atoms with Crippen molar-refractivity contribution >= 4 is 35.3 Å². The van der Waals surface area contributed by atoms with Gasteiger partial charge < -0.3 is 0 Å². The normalized spacial score (nSPS) is 10.9. The molecule has 1 aromatic heterocycles. The Labute approximate surface area is 139 Å². The van der Waals surface area contributed by atoms with E-state index in [9.17, 15) is 4.79 Å². The lowest BCUT2D eigenvalue weighted by molar-refractivity contribution is -0.115. The molecule has 0 fully saturated rings. The molecule has 23 heavy (non-hydrogen) atoms. The van der Waals surface area contributed by atoms with Crippen molar-refractivity contribution in [1.82, 2.24) is 25.5 Å². The maximum Gasteiger partial charge on any atom is 0.269 e. The number of hydrogen-bond donors (Lipinski definition) is 2. The molecule has 1 amide bonds. The Morgan fingerprint density at radius 1 is 1.35 bits per heavy atom. The lowest BCUT2D eigenvalue weighted by Crippen LogP contribution is -2.33. The summed E-state index contributed by atoms with van der Waals surface area (Å²) in [5.74, 6) is 0.329. The number of rotatable bonds is 5. The van der Waals surface area contributed by atoms with Crippen LogP contribution in [0.1, 0.15) is 19.4 Å². The number of amides is 1. The Kier molecular flexibility index (Phi) is 5.93. The smallest absolute Gasteiger partial charge is 0.269 e. The minimum Gasteiger partial charge on any atom is -0.299 e. The number of tetrazole rings is 1. The maximum atomic E-state index is 11.8. The number of nitrogens with zero attached hydrogens (tertiary/aromatic N) is 4. The molecule has 1 aromatic carbocycles. The van der Waals surface area contributed by atoms with Crippen LogP contribution in [0.5, 0.6) is 0 Å². The van der Waals surface area contributed by atoms with Crippen LogP contribution in [0.25, 0.3) is 6.08 Å². The van der Waals surface area contributed by atoms with Crippen LogP contribution in [0.3, 0.4) is 0 Å². The molecular weight excluding hydrogens is 312 g/mol. The highest BCUT2D eigenvalue weighted by atomic mass is 32.1. The molecule has 0 atom stereocenters. The van der Waals surface area contributed by atoms with Crippen molar-refractivity contribution < 1.29 is 4.79 Å². The van der Waals surface area contributed by atoms with Gasteiger partial charge in [0.1, 0.15) is 0 Å². The van der Waals surface area contributed by atoms with Gasteiger partial charge in [0.15, 0.2) is 5.11 Å². The summed E-state index contributed by atoms with van der Waals surface area (Å²) < 4.78 is 0. The van der Waals surface area contributed by atoms with Crippen LogP contribution in [-0.4, -0.2) is 31.2 Å². The molecule has 2 N–H and O–H groups in total. The fourth-order valence-electron chi connectivity index (χ4n) is 1.72. The Bertz CT molecular complexity index is 695. The van der Waals surface area contributed by atoms with Crippen molar-refractivity contribution in [3.63, 3.8) is 0 Å². The molecule has 0 aliphatic heterocycles. The van der Waals surface area contributed by atoms with E-state index in [1.54, 1.807) is 6.08 Å². The fraction of sp³-hybridized carbons (Fsp3) is 0.267. The molecule has 0 saturated carbocycles. The van der Waals surface area contributed by atoms with Gasteiger partial charge in [-0.1, -0.05) is 49.3 Å². The number of benzene rings is 1. The monoisotopic (exact) mass is 330 g/mol. The zero-order valence-electron chi connectivity index (χ0n) is 12.9. The predicted molar refractivity (Wildman–Crippen MR) is 92.5 cm³/mol. The van der Waals surface area contributed by atoms with Gasteiger partial charge in [0.05, 0.1) is 6.54 Å². The summed E-state index contributed by atoms with van der Waals surface area (Å²) in [6.45, 7) is 4.77. The Morgan fingerprint density at radius 2 is 2.09 bits per heavy atom. The van der Waals surface area contributed by atoms with Crippen molar-refractivity contribution in [1.29, 1.82) is 0 Å². The standard InChI is InChI=1S/C15H18N6OS/c1-11(2)10-21-19-14(18-20-21)17-15(23)16-13(22)9-8-12-6-4-3-5-7-12/h3-9,11H,10H2,1-2H3,(H2,16,17,19,22,23)/b9-8+. The van der Waals surface area contributed by atoms with Crippen LogP contribution in [0.15, 0.2) is 36.4 Å². The minimum absolute atomic E-state index is 0.122. The van der Waals surface area contributed by atoms with E-state index in [0.717, 1.165) is 5.56 Å². The summed E-state index contributed by atoms with van der Waals surface area (Å²) in [5.41, 5.74) is 0.930. The van der Waals surface area contributed by atoms with Crippen LogP contribution in [-0.2, 0) is 11.3 Å². The SMILES string of the molecule is CC(C)Cn1nnc(NC(=S)NC(=O)/C=C/c2ccccc2)n1. The minimum atomic E-state index is -0.332. The molecule has 2 rings (SSSR count). The summed E-state index contributed by atoms with van der Waals surface area (Å²) in [6, 6.07) is 9.51. The lowest BCUT2D eigenvalue weighted by atomic mass is 10.2. The first-order valence-corrected chi connectivity index (χ1v) is 7.56. The summed E-state index contributed by atoms with van der Waals surface area (Å²) in [5, 5.41) is 17.2. The highest BCUT2D eigenvalue weighted by molar-refractivity contribution is 7.80. The largest absolute Gasteiger partial charge is 0.299 e. The second-order valence-electron chi connectivity index (χ2n) is 5.25. The van der Waals surface area contributed by atoms with Gasteiger partial charge in [-0.15, -0.1) is 5.10 Å². The van der Waals surface area contributed by atoms with E-state index in [4.69, 9.17) is 12.2 Å². The highest BCUT2D eigenvalue weighted by Gasteiger charge is 2.07. The van der Waals surface area contributed by atoms with E-state index in [-0.39, 0.29) is 17.0 Å². The quantitative estimate of drug-likeness (QED) is 0.643. The molecule has 8 heteroatoms. The van der Waals surface area contributed by atoms with Crippen LogP contribution < -0.4 is 10.6 Å². The summed E-state index contributed by atoms with van der Waals surface area (Å²) in [4.78, 5) is 13.3. The topological polar surface area (TPSA) is 84.7 Å². The Hall–Kier alpha value is -2.61. The molecule has 2 aromatic rings. The third-order valence-corrected chi connectivity index (χ3v) is 2.87. The van der Waals surface area contributed by atoms with E-state index < -0.39 is 0 Å². The van der Waals surface area contributed by atoms with Crippen molar-refractivity contribution in [2.45, 2.75) is 20.4 Å². The van der Waals surface area contributed by atoms with Gasteiger partial charge in [0, 0.05) is 6.08 Å². The predicted octanol–water partition coefficient (Wildman–Crippen LogP) is 1.86. The van der Waals surface area contributed by atoms with Crippen LogP contribution in [0, 0.1) is 5.92 Å². The highest BCUT2D eigenvalue weighted by Crippen LogP contribution is 2.01. The second-order valence-corrected chi connectivity index (χ2v) is 5.66. The zero-order valence-corrected chi connectivity index (χ0v) is 13.7. The molecule has 0 aliphatic rings. The number of nitrogens with one attached hydrogen (secondary N) is 2. The molecule has 0 radical (unpaired) electrons. The first-order valence-electron chi connectivity index (χ1n) is 7.16. The van der Waals surface area contributed by atoms with Crippen molar-refractivity contribution in [3.8, 4) is 0 Å². The van der Waals surface area contributed by atoms with E-state index in [2.05, 4.69) is 39.9 Å². The zero-order chi connectivity index (χ0) is 16.7. The van der Waals surface area contributed by atoms with Gasteiger partial charge >= 0.3 is 0 Å². The molecule has 0 unspecified atom stereocenters. The summed E-state index contributed by atoms with van der Waals surface area (Å²) in [7, 11) is 0. The molecule has 120 valence electrons. The summed E-state index contributed by atoms with van der Waals surface area (Å²) >= 11 is 5.05. The fourth-order valence-corrected chi connectivity index (χ4v) is 1.91. The van der Waals surface area contributed by atoms with E-state index in [1.807, 2.05) is 30.3 Å². The van der Waals surface area contributed by atoms with Crippen molar-refractivity contribution in [2.24, 2.45) is 5.92 Å². The number of carbonyl (C=O) groups is 1. The van der Waals surface area contributed by atoms with Gasteiger partial charge in [-0.2, -0.15) is 4.80 Å². The van der Waals surface area contributed by atoms with Gasteiger partial charge in [-0.25, -0.2) is 0 Å². The van der Waals surface area contributed by atoms with Gasteiger partial charge in [0.25, 0.3) is 5.95 Å². The first-order chi connectivity index (χ1) is 11.0. The lowest BCUT2D eigenvalue weighted by Gasteiger charge is -2.04. The molecule has 0 spiro atoms. The van der Waals surface area contributed by atoms with Crippen LogP contribution in [0.2, 0.25) is 0 Å². The number of hydrogen-bond acceptors (Lipinski definition) is 5. The van der Waals surface area contributed by atoms with E-state index in [0.29, 0.717) is 12.5 Å². The van der Waals surface area contributed by atoms with Crippen molar-refractivity contribution in [2.75, 3.05) is 5.32 Å².